The molecule has 1 aromatic rings. The van der Waals surface area contributed by atoms with Gasteiger partial charge in [-0.05, 0) is 6.07 Å². The van der Waals surface area contributed by atoms with Crippen LogP contribution < -0.4 is 5.73 Å². The summed E-state index contributed by atoms with van der Waals surface area (Å²) >= 11 is 2.92. The summed E-state index contributed by atoms with van der Waals surface area (Å²) < 4.78 is 13.1. The Morgan fingerprint density at radius 1 is 1.53 bits per heavy atom. The lowest BCUT2D eigenvalue weighted by molar-refractivity contribution is -0.384. The third-order valence-electron chi connectivity index (χ3n) is 2.19. The smallest absolute Gasteiger partial charge is 0.295 e. The number of nitrogens with zero attached hydrogens (tertiary/aromatic N) is 1. The number of nitrogen functional groups attached to an aromatic ring is 1. The van der Waals surface area contributed by atoms with E-state index in [1.807, 2.05) is 0 Å². The zero-order chi connectivity index (χ0) is 13.2. The van der Waals surface area contributed by atoms with Crippen molar-refractivity contribution < 1.29 is 19.5 Å². The van der Waals surface area contributed by atoms with Crippen LogP contribution in [-0.4, -0.2) is 26.6 Å². The lowest BCUT2D eigenvalue weighted by Gasteiger charge is -2.17. The van der Waals surface area contributed by atoms with Crippen LogP contribution in [0.25, 0.3) is 0 Å². The summed E-state index contributed by atoms with van der Waals surface area (Å²) in [7, 11) is 0. The van der Waals surface area contributed by atoms with Gasteiger partial charge in [0.1, 0.15) is 17.6 Å². The van der Waals surface area contributed by atoms with E-state index in [2.05, 4.69) is 15.9 Å². The van der Waals surface area contributed by atoms with Crippen molar-refractivity contribution in [3.63, 3.8) is 0 Å². The van der Waals surface area contributed by atoms with Gasteiger partial charge in [-0.3, -0.25) is 10.1 Å². The van der Waals surface area contributed by atoms with Gasteiger partial charge in [0.15, 0.2) is 0 Å². The van der Waals surface area contributed by atoms with Crippen molar-refractivity contribution in [2.45, 2.75) is 12.2 Å². The Bertz CT molecular complexity index is 443. The Labute approximate surface area is 104 Å². The fraction of sp³-hybridized carbons (Fsp3) is 0.333. The molecule has 94 valence electrons. The monoisotopic (exact) mass is 308 g/mol. The molecule has 1 rings (SSSR count). The molecule has 0 fully saturated rings. The Kier molecular flexibility index (Phi) is 4.38. The van der Waals surface area contributed by atoms with Gasteiger partial charge in [0.05, 0.1) is 17.1 Å². The fourth-order valence-corrected chi connectivity index (χ4v) is 1.67. The molecule has 2 unspecified atom stereocenters. The maximum absolute atomic E-state index is 13.1. The van der Waals surface area contributed by atoms with Gasteiger partial charge in [-0.1, -0.05) is 15.9 Å². The first-order valence-electron chi connectivity index (χ1n) is 4.54. The highest BCUT2D eigenvalue weighted by Crippen LogP contribution is 2.32. The third kappa shape index (κ3) is 2.90. The molecule has 0 aliphatic carbocycles. The summed E-state index contributed by atoms with van der Waals surface area (Å²) in [4.78, 5) is 9.74. The molecule has 0 saturated carbocycles. The lowest BCUT2D eigenvalue weighted by Crippen LogP contribution is -2.21. The highest BCUT2D eigenvalue weighted by molar-refractivity contribution is 9.09. The number of benzene rings is 1. The number of hydrogen-bond acceptors (Lipinski definition) is 5. The number of nitrogens with two attached hydrogens (primary N) is 1. The molecule has 0 heterocycles. The first kappa shape index (κ1) is 13.8. The number of halogens is 2. The van der Waals surface area contributed by atoms with E-state index in [9.17, 15) is 24.7 Å². The Morgan fingerprint density at radius 3 is 2.59 bits per heavy atom. The highest BCUT2D eigenvalue weighted by Gasteiger charge is 2.25. The summed E-state index contributed by atoms with van der Waals surface area (Å²) in [5, 5.41) is 29.7. The van der Waals surface area contributed by atoms with E-state index in [-0.39, 0.29) is 16.6 Å². The second-order valence-corrected chi connectivity index (χ2v) is 4.00. The van der Waals surface area contributed by atoms with E-state index in [1.165, 1.54) is 0 Å². The van der Waals surface area contributed by atoms with Crippen molar-refractivity contribution in [3.8, 4) is 0 Å². The largest absolute Gasteiger partial charge is 0.393 e. The average molecular weight is 309 g/mol. The normalized spacial score (nSPS) is 14.4. The van der Waals surface area contributed by atoms with E-state index in [4.69, 9.17) is 5.73 Å². The van der Waals surface area contributed by atoms with Crippen LogP contribution >= 0.6 is 15.9 Å². The van der Waals surface area contributed by atoms with E-state index in [1.54, 1.807) is 0 Å². The van der Waals surface area contributed by atoms with Crippen molar-refractivity contribution in [2.75, 3.05) is 11.1 Å². The quantitative estimate of drug-likeness (QED) is 0.334. The van der Waals surface area contributed by atoms with Gasteiger partial charge in [0.2, 0.25) is 0 Å². The number of nitro groups is 1. The first-order valence-corrected chi connectivity index (χ1v) is 5.66. The Balaban J connectivity index is 3.29. The van der Waals surface area contributed by atoms with Crippen LogP contribution in [0, 0.1) is 15.9 Å². The molecule has 0 bridgehead atoms. The minimum Gasteiger partial charge on any atom is -0.393 e. The molecule has 0 aromatic heterocycles. The summed E-state index contributed by atoms with van der Waals surface area (Å²) in [6, 6.07) is 1.52. The second-order valence-electron chi connectivity index (χ2n) is 3.35. The molecule has 0 spiro atoms. The van der Waals surface area contributed by atoms with Crippen LogP contribution in [0.3, 0.4) is 0 Å². The van der Waals surface area contributed by atoms with Crippen molar-refractivity contribution in [1.82, 2.24) is 0 Å². The number of nitro benzene ring substituents is 1. The minimum atomic E-state index is -1.50. The summed E-state index contributed by atoms with van der Waals surface area (Å²) in [6.07, 6.45) is -2.73. The molecular formula is C9H10BrFN2O4. The maximum Gasteiger partial charge on any atom is 0.295 e. The SMILES string of the molecule is Nc1c(C(O)C(O)CBr)cc(F)cc1[N+](=O)[O-]. The van der Waals surface area contributed by atoms with Gasteiger partial charge < -0.3 is 15.9 Å². The maximum atomic E-state index is 13.1. The molecule has 0 saturated heterocycles. The third-order valence-corrected chi connectivity index (χ3v) is 2.86. The standard InChI is InChI=1S/C9H10BrFN2O4/c10-3-7(14)9(15)5-1-4(11)2-6(8(5)12)13(16)17/h1-2,7,9,14-15H,3,12H2. The fourth-order valence-electron chi connectivity index (χ4n) is 1.31. The zero-order valence-electron chi connectivity index (χ0n) is 8.51. The van der Waals surface area contributed by atoms with Crippen LogP contribution in [0.2, 0.25) is 0 Å². The molecule has 1 aromatic carbocycles. The van der Waals surface area contributed by atoms with Crippen LogP contribution in [0.15, 0.2) is 12.1 Å². The van der Waals surface area contributed by atoms with Crippen molar-refractivity contribution in [1.29, 1.82) is 0 Å². The second kappa shape index (κ2) is 5.39. The van der Waals surface area contributed by atoms with Crippen molar-refractivity contribution in [3.05, 3.63) is 33.6 Å². The summed E-state index contributed by atoms with van der Waals surface area (Å²) in [5.41, 5.74) is 4.25. The highest BCUT2D eigenvalue weighted by atomic mass is 79.9. The molecular weight excluding hydrogens is 299 g/mol. The van der Waals surface area contributed by atoms with E-state index < -0.39 is 28.6 Å². The zero-order valence-corrected chi connectivity index (χ0v) is 10.1. The van der Waals surface area contributed by atoms with Crippen LogP contribution in [-0.2, 0) is 0 Å². The molecule has 0 amide bonds. The number of hydrogen-bond donors (Lipinski definition) is 3. The van der Waals surface area contributed by atoms with Gasteiger partial charge in [-0.25, -0.2) is 4.39 Å². The molecule has 0 aliphatic heterocycles. The molecule has 2 atom stereocenters. The van der Waals surface area contributed by atoms with Gasteiger partial charge in [0.25, 0.3) is 5.69 Å². The number of anilines is 1. The number of aliphatic hydroxyl groups excluding tert-OH is 2. The number of rotatable bonds is 4. The van der Waals surface area contributed by atoms with Gasteiger partial charge in [-0.2, -0.15) is 0 Å². The van der Waals surface area contributed by atoms with Gasteiger partial charge in [-0.15, -0.1) is 0 Å². The Hall–Kier alpha value is -1.25. The number of aliphatic hydroxyl groups is 2. The van der Waals surface area contributed by atoms with E-state index >= 15 is 0 Å². The predicted octanol–water partition coefficient (Wildman–Crippen LogP) is 1.11. The van der Waals surface area contributed by atoms with Crippen LogP contribution in [0.5, 0.6) is 0 Å². The van der Waals surface area contributed by atoms with Gasteiger partial charge in [0, 0.05) is 10.9 Å². The molecule has 17 heavy (non-hydrogen) atoms. The molecule has 4 N–H and O–H groups in total. The van der Waals surface area contributed by atoms with Crippen molar-refractivity contribution >= 4 is 27.3 Å². The predicted molar refractivity (Wildman–Crippen MR) is 62.2 cm³/mol. The molecule has 8 heteroatoms. The van der Waals surface area contributed by atoms with E-state index in [0.29, 0.717) is 6.07 Å². The Morgan fingerprint density at radius 2 is 2.12 bits per heavy atom. The molecule has 0 radical (unpaired) electrons. The molecule has 0 aliphatic rings. The molecule has 6 nitrogen and oxygen atoms in total. The lowest BCUT2D eigenvalue weighted by atomic mass is 10.0. The average Bonchev–Trinajstić information content (AvgIpc) is 2.29. The van der Waals surface area contributed by atoms with E-state index in [0.717, 1.165) is 6.07 Å². The summed E-state index contributed by atoms with van der Waals surface area (Å²) in [6.45, 7) is 0. The van der Waals surface area contributed by atoms with Crippen LogP contribution in [0.4, 0.5) is 15.8 Å². The van der Waals surface area contributed by atoms with Gasteiger partial charge >= 0.3 is 0 Å². The van der Waals surface area contributed by atoms with Crippen molar-refractivity contribution in [2.24, 2.45) is 0 Å². The summed E-state index contributed by atoms with van der Waals surface area (Å²) in [5.74, 6) is -0.901. The topological polar surface area (TPSA) is 110 Å². The van der Waals surface area contributed by atoms with Crippen LogP contribution in [0.1, 0.15) is 11.7 Å². The number of alkyl halides is 1. The minimum absolute atomic E-state index is 0.0257. The first-order chi connectivity index (χ1) is 7.88.